The molecule has 0 saturated heterocycles. The van der Waals surface area contributed by atoms with Crippen LogP contribution in [0.25, 0.3) is 0 Å². The Balaban J connectivity index is 2.50. The number of ether oxygens (including phenoxy) is 2. The van der Waals surface area contributed by atoms with Gasteiger partial charge in [-0.2, -0.15) is 0 Å². The Labute approximate surface area is 105 Å². The van der Waals surface area contributed by atoms with Crippen molar-refractivity contribution in [3.8, 4) is 5.75 Å². The SMILES string of the molecule is CCOC(CCOc1cccc(C)c1F)C(=O)O. The summed E-state index contributed by atoms with van der Waals surface area (Å²) in [5.74, 6) is -1.32. The summed E-state index contributed by atoms with van der Waals surface area (Å²) < 4.78 is 23.8. The van der Waals surface area contributed by atoms with Crippen LogP contribution in [0.5, 0.6) is 5.75 Å². The number of rotatable bonds is 7. The van der Waals surface area contributed by atoms with Crippen LogP contribution in [0.15, 0.2) is 18.2 Å². The van der Waals surface area contributed by atoms with Gasteiger partial charge in [-0.1, -0.05) is 12.1 Å². The number of aliphatic carboxylic acids is 1. The minimum absolute atomic E-state index is 0.0946. The highest BCUT2D eigenvalue weighted by Crippen LogP contribution is 2.19. The fourth-order valence-electron chi connectivity index (χ4n) is 1.49. The zero-order valence-corrected chi connectivity index (χ0v) is 10.5. The predicted molar refractivity (Wildman–Crippen MR) is 64.3 cm³/mol. The topological polar surface area (TPSA) is 55.8 Å². The number of carbonyl (C=O) groups is 1. The van der Waals surface area contributed by atoms with E-state index in [-0.39, 0.29) is 18.8 Å². The quantitative estimate of drug-likeness (QED) is 0.813. The van der Waals surface area contributed by atoms with Crippen molar-refractivity contribution in [3.63, 3.8) is 0 Å². The van der Waals surface area contributed by atoms with E-state index in [1.165, 1.54) is 6.07 Å². The van der Waals surface area contributed by atoms with E-state index in [0.717, 1.165) is 0 Å². The average Bonchev–Trinajstić information content (AvgIpc) is 2.33. The zero-order chi connectivity index (χ0) is 13.5. The Morgan fingerprint density at radius 2 is 2.22 bits per heavy atom. The molecule has 0 spiro atoms. The Kier molecular flexibility index (Phi) is 5.58. The highest BCUT2D eigenvalue weighted by atomic mass is 19.1. The lowest BCUT2D eigenvalue weighted by atomic mass is 10.2. The lowest BCUT2D eigenvalue weighted by Crippen LogP contribution is -2.26. The van der Waals surface area contributed by atoms with Gasteiger partial charge in [0, 0.05) is 13.0 Å². The molecule has 1 unspecified atom stereocenters. The van der Waals surface area contributed by atoms with Crippen LogP contribution in [-0.2, 0) is 9.53 Å². The molecule has 1 aromatic carbocycles. The third kappa shape index (κ3) is 4.00. The molecular weight excluding hydrogens is 239 g/mol. The van der Waals surface area contributed by atoms with E-state index in [0.29, 0.717) is 12.2 Å². The van der Waals surface area contributed by atoms with E-state index in [4.69, 9.17) is 14.6 Å². The van der Waals surface area contributed by atoms with Crippen molar-refractivity contribution >= 4 is 5.97 Å². The summed E-state index contributed by atoms with van der Waals surface area (Å²) in [6.45, 7) is 3.77. The van der Waals surface area contributed by atoms with Gasteiger partial charge in [0.15, 0.2) is 17.7 Å². The normalized spacial score (nSPS) is 12.2. The van der Waals surface area contributed by atoms with Crippen molar-refractivity contribution in [1.82, 2.24) is 0 Å². The van der Waals surface area contributed by atoms with Gasteiger partial charge in [0.2, 0.25) is 0 Å². The lowest BCUT2D eigenvalue weighted by molar-refractivity contribution is -0.150. The maximum atomic E-state index is 13.6. The van der Waals surface area contributed by atoms with Crippen molar-refractivity contribution in [3.05, 3.63) is 29.6 Å². The summed E-state index contributed by atoms with van der Waals surface area (Å²) in [5, 5.41) is 8.85. The molecule has 4 nitrogen and oxygen atoms in total. The number of carboxylic acid groups (broad SMARTS) is 1. The summed E-state index contributed by atoms with van der Waals surface area (Å²) >= 11 is 0. The van der Waals surface area contributed by atoms with Crippen LogP contribution in [0.1, 0.15) is 18.9 Å². The van der Waals surface area contributed by atoms with Crippen molar-refractivity contribution in [2.24, 2.45) is 0 Å². The Morgan fingerprint density at radius 1 is 1.50 bits per heavy atom. The number of hydrogen-bond acceptors (Lipinski definition) is 3. The second-order valence-corrected chi connectivity index (χ2v) is 3.81. The number of benzene rings is 1. The molecule has 0 aliphatic carbocycles. The summed E-state index contributed by atoms with van der Waals surface area (Å²) in [4.78, 5) is 10.8. The van der Waals surface area contributed by atoms with E-state index in [1.807, 2.05) is 0 Å². The Hall–Kier alpha value is -1.62. The van der Waals surface area contributed by atoms with Crippen molar-refractivity contribution in [2.45, 2.75) is 26.4 Å². The number of hydrogen-bond donors (Lipinski definition) is 1. The van der Waals surface area contributed by atoms with Gasteiger partial charge in [-0.15, -0.1) is 0 Å². The van der Waals surface area contributed by atoms with Gasteiger partial charge in [-0.25, -0.2) is 9.18 Å². The molecule has 0 aromatic heterocycles. The monoisotopic (exact) mass is 256 g/mol. The van der Waals surface area contributed by atoms with E-state index in [2.05, 4.69) is 0 Å². The Bertz CT molecular complexity index is 406. The van der Waals surface area contributed by atoms with Crippen molar-refractivity contribution in [1.29, 1.82) is 0 Å². The molecule has 1 N–H and O–H groups in total. The Morgan fingerprint density at radius 3 is 2.83 bits per heavy atom. The number of halogens is 1. The second kappa shape index (κ2) is 6.96. The first-order valence-corrected chi connectivity index (χ1v) is 5.78. The fourth-order valence-corrected chi connectivity index (χ4v) is 1.49. The molecule has 0 heterocycles. The summed E-state index contributed by atoms with van der Waals surface area (Å²) in [5.41, 5.74) is 0.493. The second-order valence-electron chi connectivity index (χ2n) is 3.81. The molecule has 0 saturated carbocycles. The molecule has 1 rings (SSSR count). The van der Waals surface area contributed by atoms with Gasteiger partial charge in [0.1, 0.15) is 0 Å². The van der Waals surface area contributed by atoms with Gasteiger partial charge < -0.3 is 14.6 Å². The third-order valence-corrected chi connectivity index (χ3v) is 2.44. The molecule has 1 aromatic rings. The lowest BCUT2D eigenvalue weighted by Gasteiger charge is -2.13. The van der Waals surface area contributed by atoms with Gasteiger partial charge in [0.25, 0.3) is 0 Å². The highest BCUT2D eigenvalue weighted by Gasteiger charge is 2.17. The first kappa shape index (κ1) is 14.4. The number of carboxylic acids is 1. The van der Waals surface area contributed by atoms with E-state index >= 15 is 0 Å². The molecule has 0 fully saturated rings. The van der Waals surface area contributed by atoms with Crippen LogP contribution in [0.3, 0.4) is 0 Å². The van der Waals surface area contributed by atoms with E-state index in [1.54, 1.807) is 26.0 Å². The zero-order valence-electron chi connectivity index (χ0n) is 10.5. The third-order valence-electron chi connectivity index (χ3n) is 2.44. The van der Waals surface area contributed by atoms with Gasteiger partial charge in [-0.05, 0) is 25.5 Å². The van der Waals surface area contributed by atoms with Gasteiger partial charge in [0.05, 0.1) is 6.61 Å². The fraction of sp³-hybridized carbons (Fsp3) is 0.462. The van der Waals surface area contributed by atoms with Gasteiger partial charge in [-0.3, -0.25) is 0 Å². The van der Waals surface area contributed by atoms with Crippen LogP contribution >= 0.6 is 0 Å². The molecule has 0 amide bonds. The van der Waals surface area contributed by atoms with E-state index < -0.39 is 17.9 Å². The van der Waals surface area contributed by atoms with Gasteiger partial charge >= 0.3 is 5.97 Å². The van der Waals surface area contributed by atoms with Crippen LogP contribution in [0, 0.1) is 12.7 Å². The molecule has 100 valence electrons. The highest BCUT2D eigenvalue weighted by molar-refractivity contribution is 5.72. The van der Waals surface area contributed by atoms with E-state index in [9.17, 15) is 9.18 Å². The molecule has 0 aliphatic rings. The first-order valence-electron chi connectivity index (χ1n) is 5.78. The van der Waals surface area contributed by atoms with Crippen LogP contribution in [0.4, 0.5) is 4.39 Å². The summed E-state index contributed by atoms with van der Waals surface area (Å²) in [7, 11) is 0. The number of aryl methyl sites for hydroxylation is 1. The molecule has 0 radical (unpaired) electrons. The predicted octanol–water partition coefficient (Wildman–Crippen LogP) is 2.39. The molecule has 0 bridgehead atoms. The van der Waals surface area contributed by atoms with Crippen LogP contribution in [-0.4, -0.2) is 30.4 Å². The first-order chi connectivity index (χ1) is 8.56. The molecule has 18 heavy (non-hydrogen) atoms. The minimum atomic E-state index is -1.04. The largest absolute Gasteiger partial charge is 0.490 e. The minimum Gasteiger partial charge on any atom is -0.490 e. The molecule has 0 aliphatic heterocycles. The summed E-state index contributed by atoms with van der Waals surface area (Å²) in [6, 6.07) is 4.84. The molecular formula is C13H17FO4. The molecule has 1 atom stereocenters. The van der Waals surface area contributed by atoms with Crippen molar-refractivity contribution in [2.75, 3.05) is 13.2 Å². The smallest absolute Gasteiger partial charge is 0.332 e. The van der Waals surface area contributed by atoms with Crippen LogP contribution in [0.2, 0.25) is 0 Å². The standard InChI is InChI=1S/C13H17FO4/c1-3-17-11(13(15)16)7-8-18-10-6-4-5-9(2)12(10)14/h4-6,11H,3,7-8H2,1-2H3,(H,15,16). The summed E-state index contributed by atoms with van der Waals surface area (Å²) in [6.07, 6.45) is -0.737. The maximum Gasteiger partial charge on any atom is 0.332 e. The van der Waals surface area contributed by atoms with Crippen LogP contribution < -0.4 is 4.74 Å². The molecule has 5 heteroatoms. The maximum absolute atomic E-state index is 13.6. The average molecular weight is 256 g/mol. The van der Waals surface area contributed by atoms with Crippen molar-refractivity contribution < 1.29 is 23.8 Å².